The van der Waals surface area contributed by atoms with E-state index >= 15 is 0 Å². The maximum absolute atomic E-state index is 12.9. The number of amides is 1. The molecule has 0 saturated carbocycles. The second kappa shape index (κ2) is 4.76. The molecule has 2 rings (SSSR count). The Labute approximate surface area is 97.7 Å². The van der Waals surface area contributed by atoms with Crippen LogP contribution in [0.2, 0.25) is 0 Å². The van der Waals surface area contributed by atoms with Crippen molar-refractivity contribution < 1.29 is 14.4 Å². The average Bonchev–Trinajstić information content (AvgIpc) is 2.38. The number of benzene rings is 2. The monoisotopic (exact) mass is 231 g/mol. The summed E-state index contributed by atoms with van der Waals surface area (Å²) < 4.78 is 12.9. The van der Waals surface area contributed by atoms with Crippen LogP contribution in [0.15, 0.2) is 54.6 Å². The number of hydrogen-bond donors (Lipinski definition) is 1. The smallest absolute Gasteiger partial charge is 0.281 e. The summed E-state index contributed by atoms with van der Waals surface area (Å²) in [5.74, 6) is -1.11. The lowest BCUT2D eigenvalue weighted by molar-refractivity contribution is 0.0854. The molecule has 0 aliphatic rings. The van der Waals surface area contributed by atoms with E-state index in [0.29, 0.717) is 10.6 Å². The number of nitrogens with zero attached hydrogens (tertiary/aromatic N) is 1. The molecule has 0 atom stereocenters. The highest BCUT2D eigenvalue weighted by Gasteiger charge is 2.15. The Bertz CT molecular complexity index is 528. The average molecular weight is 231 g/mol. The first-order valence-electron chi connectivity index (χ1n) is 5.02. The lowest BCUT2D eigenvalue weighted by Crippen LogP contribution is -2.26. The van der Waals surface area contributed by atoms with Crippen molar-refractivity contribution in [2.45, 2.75) is 0 Å². The quantitative estimate of drug-likeness (QED) is 0.637. The van der Waals surface area contributed by atoms with Crippen molar-refractivity contribution in [2.24, 2.45) is 0 Å². The Morgan fingerprint density at radius 2 is 1.76 bits per heavy atom. The lowest BCUT2D eigenvalue weighted by atomic mass is 10.2. The Balaban J connectivity index is 2.27. The zero-order chi connectivity index (χ0) is 12.3. The van der Waals surface area contributed by atoms with E-state index in [1.165, 1.54) is 18.2 Å². The molecule has 0 bridgehead atoms. The standard InChI is InChI=1S/C13H10FNO2/c14-11-7-4-8-12(9-11)15(17)13(16)10-5-2-1-3-6-10/h1-9,17H. The van der Waals surface area contributed by atoms with Gasteiger partial charge in [-0.05, 0) is 24.3 Å². The van der Waals surface area contributed by atoms with Crippen LogP contribution >= 0.6 is 0 Å². The zero-order valence-corrected chi connectivity index (χ0v) is 8.88. The van der Waals surface area contributed by atoms with Crippen molar-refractivity contribution in [3.63, 3.8) is 0 Å². The second-order valence-corrected chi connectivity index (χ2v) is 3.46. The number of hydroxylamine groups is 1. The summed E-state index contributed by atoms with van der Waals surface area (Å²) in [5.41, 5.74) is 0.429. The minimum absolute atomic E-state index is 0.0962. The molecule has 0 aliphatic carbocycles. The third-order valence-electron chi connectivity index (χ3n) is 2.27. The molecule has 2 aromatic rings. The second-order valence-electron chi connectivity index (χ2n) is 3.46. The predicted molar refractivity (Wildman–Crippen MR) is 61.4 cm³/mol. The molecular formula is C13H10FNO2. The van der Waals surface area contributed by atoms with Crippen LogP contribution in [0.25, 0.3) is 0 Å². The summed E-state index contributed by atoms with van der Waals surface area (Å²) in [6.07, 6.45) is 0. The van der Waals surface area contributed by atoms with Crippen LogP contribution in [-0.4, -0.2) is 11.1 Å². The molecule has 1 amide bonds. The molecule has 4 heteroatoms. The molecule has 1 N–H and O–H groups in total. The highest BCUT2D eigenvalue weighted by atomic mass is 19.1. The third kappa shape index (κ3) is 2.49. The Kier molecular flexibility index (Phi) is 3.16. The summed E-state index contributed by atoms with van der Waals surface area (Å²) >= 11 is 0. The Morgan fingerprint density at radius 3 is 2.41 bits per heavy atom. The van der Waals surface area contributed by atoms with E-state index < -0.39 is 11.7 Å². The molecule has 0 spiro atoms. The molecule has 86 valence electrons. The molecule has 0 aliphatic heterocycles. The predicted octanol–water partition coefficient (Wildman–Crippen LogP) is 2.86. The van der Waals surface area contributed by atoms with Crippen molar-refractivity contribution in [3.8, 4) is 0 Å². The maximum Gasteiger partial charge on any atom is 0.281 e. The van der Waals surface area contributed by atoms with Gasteiger partial charge in [0.05, 0.1) is 5.69 Å². The minimum atomic E-state index is -0.601. The van der Waals surface area contributed by atoms with Gasteiger partial charge in [-0.3, -0.25) is 10.0 Å². The van der Waals surface area contributed by atoms with Gasteiger partial charge in [-0.25, -0.2) is 4.39 Å². The number of carbonyl (C=O) groups excluding carboxylic acids is 1. The summed E-state index contributed by atoms with van der Waals surface area (Å²) in [5, 5.41) is 10.1. The minimum Gasteiger partial charge on any atom is -0.281 e. The fraction of sp³-hybridized carbons (Fsp3) is 0. The lowest BCUT2D eigenvalue weighted by Gasteiger charge is -2.14. The van der Waals surface area contributed by atoms with E-state index in [2.05, 4.69) is 0 Å². The van der Waals surface area contributed by atoms with Crippen LogP contribution < -0.4 is 5.06 Å². The summed E-state index contributed by atoms with van der Waals surface area (Å²) in [7, 11) is 0. The van der Waals surface area contributed by atoms with Crippen LogP contribution in [0.4, 0.5) is 10.1 Å². The number of carbonyl (C=O) groups is 1. The number of halogens is 1. The number of hydrogen-bond acceptors (Lipinski definition) is 2. The first-order valence-corrected chi connectivity index (χ1v) is 5.02. The van der Waals surface area contributed by atoms with Gasteiger partial charge in [-0.2, -0.15) is 5.06 Å². The van der Waals surface area contributed by atoms with Gasteiger partial charge in [0.1, 0.15) is 5.82 Å². The van der Waals surface area contributed by atoms with Crippen LogP contribution in [0.1, 0.15) is 10.4 Å². The summed E-state index contributed by atoms with van der Waals surface area (Å²) in [6, 6.07) is 13.5. The Hall–Kier alpha value is -2.20. The van der Waals surface area contributed by atoms with Gasteiger partial charge >= 0.3 is 0 Å². The van der Waals surface area contributed by atoms with Crippen molar-refractivity contribution in [2.75, 3.05) is 5.06 Å². The fourth-order valence-electron chi connectivity index (χ4n) is 1.43. The largest absolute Gasteiger partial charge is 0.281 e. The molecule has 0 unspecified atom stereocenters. The van der Waals surface area contributed by atoms with Gasteiger partial charge < -0.3 is 0 Å². The van der Waals surface area contributed by atoms with Crippen molar-refractivity contribution in [3.05, 3.63) is 66.0 Å². The molecular weight excluding hydrogens is 221 g/mol. The molecule has 0 saturated heterocycles. The van der Waals surface area contributed by atoms with E-state index in [1.54, 1.807) is 30.3 Å². The molecule has 3 nitrogen and oxygen atoms in total. The molecule has 2 aromatic carbocycles. The van der Waals surface area contributed by atoms with E-state index in [1.807, 2.05) is 0 Å². The van der Waals surface area contributed by atoms with Crippen molar-refractivity contribution in [1.29, 1.82) is 0 Å². The van der Waals surface area contributed by atoms with E-state index in [0.717, 1.165) is 6.07 Å². The van der Waals surface area contributed by atoms with Gasteiger partial charge in [0.15, 0.2) is 0 Å². The maximum atomic E-state index is 12.9. The molecule has 0 heterocycles. The first-order chi connectivity index (χ1) is 8.18. The van der Waals surface area contributed by atoms with E-state index in [9.17, 15) is 14.4 Å². The van der Waals surface area contributed by atoms with Gasteiger partial charge in [0.25, 0.3) is 5.91 Å². The first kappa shape index (κ1) is 11.3. The fourth-order valence-corrected chi connectivity index (χ4v) is 1.43. The molecule has 0 aromatic heterocycles. The van der Waals surface area contributed by atoms with Gasteiger partial charge in [0.2, 0.25) is 0 Å². The number of rotatable bonds is 2. The van der Waals surface area contributed by atoms with Gasteiger partial charge in [0, 0.05) is 11.6 Å². The highest BCUT2D eigenvalue weighted by Crippen LogP contribution is 2.16. The van der Waals surface area contributed by atoms with Crippen molar-refractivity contribution in [1.82, 2.24) is 0 Å². The summed E-state index contributed by atoms with van der Waals surface area (Å²) in [4.78, 5) is 11.8. The number of anilines is 1. The zero-order valence-electron chi connectivity index (χ0n) is 8.88. The van der Waals surface area contributed by atoms with E-state index in [-0.39, 0.29) is 5.69 Å². The topological polar surface area (TPSA) is 40.5 Å². The van der Waals surface area contributed by atoms with Crippen LogP contribution in [0.3, 0.4) is 0 Å². The van der Waals surface area contributed by atoms with Crippen molar-refractivity contribution >= 4 is 11.6 Å². The normalized spacial score (nSPS) is 10.0. The van der Waals surface area contributed by atoms with Crippen LogP contribution in [0.5, 0.6) is 0 Å². The van der Waals surface area contributed by atoms with Crippen LogP contribution in [0, 0.1) is 5.82 Å². The van der Waals surface area contributed by atoms with Crippen LogP contribution in [-0.2, 0) is 0 Å². The summed E-state index contributed by atoms with van der Waals surface area (Å²) in [6.45, 7) is 0. The molecule has 17 heavy (non-hydrogen) atoms. The van der Waals surface area contributed by atoms with Gasteiger partial charge in [-0.1, -0.05) is 24.3 Å². The third-order valence-corrected chi connectivity index (χ3v) is 2.27. The highest BCUT2D eigenvalue weighted by molar-refractivity contribution is 6.04. The molecule has 0 radical (unpaired) electrons. The molecule has 0 fully saturated rings. The Morgan fingerprint density at radius 1 is 1.06 bits per heavy atom. The van der Waals surface area contributed by atoms with Gasteiger partial charge in [-0.15, -0.1) is 0 Å². The SMILES string of the molecule is O=C(c1ccccc1)N(O)c1cccc(F)c1. The van der Waals surface area contributed by atoms with E-state index in [4.69, 9.17) is 0 Å².